The molecule has 0 radical (unpaired) electrons. The molecule has 3 aromatic heterocycles. The van der Waals surface area contributed by atoms with Gasteiger partial charge < -0.3 is 36.7 Å². The average Bonchev–Trinajstić information content (AvgIpc) is 3.52. The van der Waals surface area contributed by atoms with E-state index in [9.17, 15) is 24.3 Å². The summed E-state index contributed by atoms with van der Waals surface area (Å²) in [5.74, 6) is -3.31. The Morgan fingerprint density at radius 3 is 2.72 bits per heavy atom. The van der Waals surface area contributed by atoms with Crippen LogP contribution in [0.15, 0.2) is 34.8 Å². The average molecular weight is 694 g/mol. The van der Waals surface area contributed by atoms with Crippen LogP contribution in [0.4, 0.5) is 11.1 Å². The highest BCUT2D eigenvalue weighted by Gasteiger charge is 2.54. The first kappa shape index (κ1) is 32.9. The van der Waals surface area contributed by atoms with Crippen molar-refractivity contribution in [2.75, 3.05) is 36.9 Å². The number of aryl methyl sites for hydroxylation is 1. The van der Waals surface area contributed by atoms with Gasteiger partial charge in [0.1, 0.15) is 39.2 Å². The molecule has 46 heavy (non-hydrogen) atoms. The highest BCUT2D eigenvalue weighted by atomic mass is 35.5. The molecule has 1 fully saturated rings. The summed E-state index contributed by atoms with van der Waals surface area (Å²) in [6.07, 6.45) is 0.381. The lowest BCUT2D eigenvalue weighted by Gasteiger charge is -2.49. The van der Waals surface area contributed by atoms with Crippen molar-refractivity contribution in [2.45, 2.75) is 31.0 Å². The van der Waals surface area contributed by atoms with E-state index in [-0.39, 0.29) is 33.2 Å². The summed E-state index contributed by atoms with van der Waals surface area (Å²) in [7, 11) is 3.73. The number of halogens is 1. The Morgan fingerprint density at radius 2 is 2.07 bits per heavy atom. The maximum absolute atomic E-state index is 13.4. The molecule has 244 valence electrons. The lowest BCUT2D eigenvalue weighted by Crippen LogP contribution is -2.71. The highest BCUT2D eigenvalue weighted by Crippen LogP contribution is 2.40. The number of rotatable bonds is 13. The number of carbonyl (C=O) groups excluding carboxylic acids is 2. The summed E-state index contributed by atoms with van der Waals surface area (Å²) in [4.78, 5) is 65.2. The number of nitrogens with two attached hydrogens (primary N) is 1. The second kappa shape index (κ2) is 13.5. The number of carboxylic acid groups (broad SMARTS) is 2. The monoisotopic (exact) mass is 693 g/mol. The fourth-order valence-electron chi connectivity index (χ4n) is 4.84. The molecule has 7 N–H and O–H groups in total. The predicted molar refractivity (Wildman–Crippen MR) is 169 cm³/mol. The summed E-state index contributed by atoms with van der Waals surface area (Å²) < 4.78 is 3.73. The third-order valence-electron chi connectivity index (χ3n) is 7.16. The molecule has 5 heterocycles. The number of amides is 2. The number of β-lactam (4-membered cyclic amide) rings is 1. The summed E-state index contributed by atoms with van der Waals surface area (Å²) in [6.45, 7) is 2.75. The number of pyridine rings is 1. The van der Waals surface area contributed by atoms with Gasteiger partial charge in [-0.05, 0) is 31.1 Å². The minimum Gasteiger partial charge on any atom is -0.478 e. The van der Waals surface area contributed by atoms with E-state index in [0.29, 0.717) is 23.7 Å². The zero-order valence-corrected chi connectivity index (χ0v) is 27.1. The molecule has 0 aromatic carbocycles. The number of carboxylic acids is 2. The molecule has 2 aliphatic rings. The Balaban J connectivity index is 1.38. The number of nitrogen functional groups attached to an aromatic ring is 1. The van der Waals surface area contributed by atoms with Crippen LogP contribution in [-0.2, 0) is 37.6 Å². The van der Waals surface area contributed by atoms with Crippen LogP contribution >= 0.6 is 34.7 Å². The summed E-state index contributed by atoms with van der Waals surface area (Å²) >= 11 is 8.32. The summed E-state index contributed by atoms with van der Waals surface area (Å²) in [5, 5.41) is 31.2. The zero-order valence-electron chi connectivity index (χ0n) is 24.7. The van der Waals surface area contributed by atoms with Gasteiger partial charge in [0.15, 0.2) is 10.8 Å². The van der Waals surface area contributed by atoms with E-state index < -0.39 is 47.0 Å². The molecule has 0 spiro atoms. The number of likely N-dealkylation sites (N-methyl/N-ethyl adjacent to an activating group) is 1. The normalized spacial score (nSPS) is 18.7. The number of oxime groups is 1. The predicted octanol–water partition coefficient (Wildman–Crippen LogP) is -0.183. The van der Waals surface area contributed by atoms with Crippen molar-refractivity contribution < 1.29 is 38.8 Å². The minimum absolute atomic E-state index is 0.00591. The molecule has 0 aliphatic carbocycles. The number of thioether (sulfide) groups is 1. The number of aromatic nitrogens is 4. The van der Waals surface area contributed by atoms with Crippen LogP contribution in [0.2, 0.25) is 4.34 Å². The number of nitrogens with zero attached hydrogens (tertiary/aromatic N) is 6. The number of aliphatic carboxylic acids is 2. The Kier molecular flexibility index (Phi) is 9.66. The van der Waals surface area contributed by atoms with Crippen molar-refractivity contribution in [3.05, 3.63) is 39.6 Å². The topological polar surface area (TPSA) is 230 Å². The molecular formula is C26H30ClN10O7S2+. The first-order valence-corrected chi connectivity index (χ1v) is 16.0. The number of fused-ring (bicyclic) bond motifs is 2. The number of anilines is 2. The molecule has 17 nitrogen and oxygen atoms in total. The SMILES string of the molecule is CNCCNc1nc2c(ccc[n+]2CC2=C(C(=O)O)N3C(=O)C(NC(=O)/C(=N\O[C@@H](C)C(=O)O)c4nc(N)sc4Cl)C3SC2)n1C. The van der Waals surface area contributed by atoms with Crippen molar-refractivity contribution in [2.24, 2.45) is 12.2 Å². The Hall–Kier alpha value is -4.46. The van der Waals surface area contributed by atoms with Gasteiger partial charge in [-0.15, -0.1) is 11.8 Å². The Morgan fingerprint density at radius 1 is 1.30 bits per heavy atom. The van der Waals surface area contributed by atoms with Crippen LogP contribution in [0.3, 0.4) is 0 Å². The minimum atomic E-state index is -1.41. The molecule has 5 rings (SSSR count). The first-order valence-electron chi connectivity index (χ1n) is 13.8. The quantitative estimate of drug-likeness (QED) is 0.0449. The first-order chi connectivity index (χ1) is 21.9. The van der Waals surface area contributed by atoms with E-state index >= 15 is 0 Å². The largest absolute Gasteiger partial charge is 0.478 e. The molecule has 1 saturated heterocycles. The molecule has 3 atom stereocenters. The van der Waals surface area contributed by atoms with E-state index in [4.69, 9.17) is 32.3 Å². The molecule has 2 unspecified atom stereocenters. The Bertz CT molecular complexity index is 1790. The molecule has 20 heteroatoms. The van der Waals surface area contributed by atoms with Crippen molar-refractivity contribution >= 4 is 86.4 Å². The maximum Gasteiger partial charge on any atom is 0.352 e. The number of imidazole rings is 1. The highest BCUT2D eigenvalue weighted by molar-refractivity contribution is 8.00. The van der Waals surface area contributed by atoms with Crippen molar-refractivity contribution in [1.82, 2.24) is 30.1 Å². The van der Waals surface area contributed by atoms with Crippen molar-refractivity contribution in [3.63, 3.8) is 0 Å². The standard InChI is InChI=1S/C26H29ClN10O7S2/c1-11(23(40)41)44-34-15(14-18(27)46-25(28)32-14)20(38)31-16-21(39)37-17(24(42)43)12(10-45-22(16)37)9-36-8-4-5-13-19(36)33-26(35(13)3)30-7-6-29-2/h4-5,8,11,16,22,29H,6-7,9-10H2,1-3H3,(H5,28,31,32,38,40,41,42,43)/p+1/b34-15-/t11-,16?,22?/m0/s1. The molecule has 2 aliphatic heterocycles. The van der Waals surface area contributed by atoms with Crippen LogP contribution in [0.25, 0.3) is 11.2 Å². The van der Waals surface area contributed by atoms with Gasteiger partial charge in [-0.2, -0.15) is 0 Å². The van der Waals surface area contributed by atoms with Crippen LogP contribution in [-0.4, -0.2) is 103 Å². The van der Waals surface area contributed by atoms with Crippen LogP contribution in [0.1, 0.15) is 12.6 Å². The maximum atomic E-state index is 13.4. The number of nitrogens with one attached hydrogen (secondary N) is 3. The van der Waals surface area contributed by atoms with Crippen molar-refractivity contribution in [3.8, 4) is 0 Å². The van der Waals surface area contributed by atoms with Gasteiger partial charge in [0.05, 0.1) is 6.20 Å². The summed E-state index contributed by atoms with van der Waals surface area (Å²) in [5.41, 5.74) is 6.84. The van der Waals surface area contributed by atoms with Gasteiger partial charge in [0.2, 0.25) is 6.10 Å². The number of hydrogen-bond acceptors (Lipinski definition) is 13. The lowest BCUT2D eigenvalue weighted by molar-refractivity contribution is -0.664. The number of carbonyl (C=O) groups is 4. The zero-order chi connectivity index (χ0) is 33.3. The van der Waals surface area contributed by atoms with Gasteiger partial charge in [0, 0.05) is 31.5 Å². The fraction of sp³-hybridized carbons (Fsp3) is 0.385. The van der Waals surface area contributed by atoms with E-state index in [1.807, 2.05) is 35.4 Å². The van der Waals surface area contributed by atoms with Gasteiger partial charge in [-0.1, -0.05) is 28.1 Å². The van der Waals surface area contributed by atoms with E-state index in [2.05, 4.69) is 26.1 Å². The smallest absolute Gasteiger partial charge is 0.352 e. The fourth-order valence-corrected chi connectivity index (χ4v) is 7.10. The van der Waals surface area contributed by atoms with Crippen LogP contribution < -0.4 is 26.3 Å². The van der Waals surface area contributed by atoms with Crippen LogP contribution in [0, 0.1) is 0 Å². The van der Waals surface area contributed by atoms with Crippen LogP contribution in [0.5, 0.6) is 0 Å². The van der Waals surface area contributed by atoms with Gasteiger partial charge in [-0.3, -0.25) is 19.1 Å². The molecule has 3 aromatic rings. The third kappa shape index (κ3) is 6.30. The van der Waals surface area contributed by atoms with E-state index in [1.54, 1.807) is 6.20 Å². The molecule has 0 bridgehead atoms. The van der Waals surface area contributed by atoms with E-state index in [0.717, 1.165) is 28.3 Å². The Labute approximate surface area is 274 Å². The molecule has 2 amide bonds. The molecular weight excluding hydrogens is 664 g/mol. The second-order valence-corrected chi connectivity index (χ2v) is 12.9. The van der Waals surface area contributed by atoms with Gasteiger partial charge in [0.25, 0.3) is 11.8 Å². The number of thiazole rings is 1. The van der Waals surface area contributed by atoms with E-state index in [1.165, 1.54) is 18.7 Å². The van der Waals surface area contributed by atoms with Gasteiger partial charge in [-0.25, -0.2) is 19.1 Å². The second-order valence-electron chi connectivity index (χ2n) is 10.2. The third-order valence-corrected chi connectivity index (χ3v) is 9.58. The number of hydrogen-bond donors (Lipinski definition) is 6. The summed E-state index contributed by atoms with van der Waals surface area (Å²) in [6, 6.07) is 2.62. The van der Waals surface area contributed by atoms with Gasteiger partial charge >= 0.3 is 23.5 Å². The lowest BCUT2D eigenvalue weighted by atomic mass is 10.0. The molecule has 0 saturated carbocycles. The van der Waals surface area contributed by atoms with Crippen molar-refractivity contribution in [1.29, 1.82) is 0 Å².